The average Bonchev–Trinajstić information content (AvgIpc) is 3.37. The van der Waals surface area contributed by atoms with Crippen molar-refractivity contribution < 1.29 is 18.0 Å². The highest BCUT2D eigenvalue weighted by Gasteiger charge is 2.42. The molecule has 1 amide bonds. The van der Waals surface area contributed by atoms with Crippen LogP contribution in [0.2, 0.25) is 5.02 Å². The van der Waals surface area contributed by atoms with Crippen molar-refractivity contribution in [2.75, 3.05) is 0 Å². The maximum atomic E-state index is 13.1. The number of aryl methyl sites for hydroxylation is 1. The highest BCUT2D eigenvalue weighted by Crippen LogP contribution is 2.46. The van der Waals surface area contributed by atoms with Crippen molar-refractivity contribution in [1.82, 2.24) is 15.1 Å². The first kappa shape index (κ1) is 19.7. The Morgan fingerprint density at radius 2 is 1.96 bits per heavy atom. The van der Waals surface area contributed by atoms with Gasteiger partial charge in [0.25, 0.3) is 0 Å². The smallest absolute Gasteiger partial charge is 0.348 e. The topological polar surface area (TPSA) is 46.9 Å². The molecule has 1 fully saturated rings. The predicted octanol–water partition coefficient (Wildman–Crippen LogP) is 5.01. The number of aromatic nitrogens is 2. The number of benzene rings is 1. The van der Waals surface area contributed by atoms with E-state index in [1.807, 2.05) is 38.1 Å². The number of nitrogens with one attached hydrogen (secondary N) is 1. The molecule has 1 saturated carbocycles. The first-order valence-electron chi connectivity index (χ1n) is 8.90. The van der Waals surface area contributed by atoms with E-state index in [4.69, 9.17) is 11.6 Å². The fourth-order valence-corrected chi connectivity index (χ4v) is 3.49. The summed E-state index contributed by atoms with van der Waals surface area (Å²) in [5, 5.41) is 6.09. The first-order valence-corrected chi connectivity index (χ1v) is 9.27. The maximum Gasteiger partial charge on any atom is 0.436 e. The molecule has 0 radical (unpaired) electrons. The largest absolute Gasteiger partial charge is 0.436 e. The quantitative estimate of drug-likeness (QED) is 0.742. The van der Waals surface area contributed by atoms with Crippen molar-refractivity contribution in [3.05, 3.63) is 51.8 Å². The molecule has 0 spiro atoms. The third kappa shape index (κ3) is 4.46. The number of halogens is 4. The summed E-state index contributed by atoms with van der Waals surface area (Å²) in [4.78, 5) is 12.5. The molecule has 2 aromatic rings. The lowest BCUT2D eigenvalue weighted by molar-refractivity contribution is -0.141. The first-order chi connectivity index (χ1) is 12.7. The fourth-order valence-electron chi connectivity index (χ4n) is 3.10. The monoisotopic (exact) mass is 399 g/mol. The molecule has 1 heterocycles. The van der Waals surface area contributed by atoms with Gasteiger partial charge in [0.1, 0.15) is 6.54 Å². The minimum atomic E-state index is -4.64. The van der Waals surface area contributed by atoms with Crippen molar-refractivity contribution in [3.63, 3.8) is 0 Å². The van der Waals surface area contributed by atoms with Crippen LogP contribution in [0.15, 0.2) is 24.3 Å². The SMILES string of the molecule is CCC(NC(=O)Cn1nc(C(F)(F)F)c(Cl)c1C1CC1)c1ccc(C)cc1. The van der Waals surface area contributed by atoms with Crippen LogP contribution >= 0.6 is 11.6 Å². The average molecular weight is 400 g/mol. The van der Waals surface area contributed by atoms with Crippen LogP contribution in [0, 0.1) is 6.92 Å². The van der Waals surface area contributed by atoms with Crippen LogP contribution in [-0.2, 0) is 17.5 Å². The lowest BCUT2D eigenvalue weighted by Gasteiger charge is -2.18. The van der Waals surface area contributed by atoms with Crippen LogP contribution in [-0.4, -0.2) is 15.7 Å². The Balaban J connectivity index is 1.78. The molecule has 8 heteroatoms. The van der Waals surface area contributed by atoms with Gasteiger partial charge in [0.2, 0.25) is 5.91 Å². The summed E-state index contributed by atoms with van der Waals surface area (Å²) in [6.45, 7) is 3.62. The minimum absolute atomic E-state index is 0.0621. The summed E-state index contributed by atoms with van der Waals surface area (Å²) in [5.41, 5.74) is 1.25. The van der Waals surface area contributed by atoms with Gasteiger partial charge in [0.15, 0.2) is 5.69 Å². The van der Waals surface area contributed by atoms with Crippen LogP contribution in [0.5, 0.6) is 0 Å². The Morgan fingerprint density at radius 1 is 1.33 bits per heavy atom. The number of nitrogens with zero attached hydrogens (tertiary/aromatic N) is 2. The van der Waals surface area contributed by atoms with E-state index in [1.165, 1.54) is 0 Å². The number of carbonyl (C=O) groups excluding carboxylic acids is 1. The van der Waals surface area contributed by atoms with Crippen LogP contribution in [0.4, 0.5) is 13.2 Å². The summed E-state index contributed by atoms with van der Waals surface area (Å²) in [6.07, 6.45) is -2.47. The second kappa shape index (κ2) is 7.54. The van der Waals surface area contributed by atoms with E-state index in [1.54, 1.807) is 0 Å². The van der Waals surface area contributed by atoms with Crippen LogP contribution in [0.1, 0.15) is 60.7 Å². The molecule has 146 valence electrons. The zero-order valence-corrected chi connectivity index (χ0v) is 15.9. The highest BCUT2D eigenvalue weighted by molar-refractivity contribution is 6.32. The Kier molecular flexibility index (Phi) is 5.51. The van der Waals surface area contributed by atoms with E-state index < -0.39 is 17.8 Å². The fraction of sp³-hybridized carbons (Fsp3) is 0.474. The van der Waals surface area contributed by atoms with Gasteiger partial charge in [-0.05, 0) is 31.7 Å². The van der Waals surface area contributed by atoms with E-state index in [9.17, 15) is 18.0 Å². The van der Waals surface area contributed by atoms with Crippen molar-refractivity contribution >= 4 is 17.5 Å². The minimum Gasteiger partial charge on any atom is -0.348 e. The summed E-state index contributed by atoms with van der Waals surface area (Å²) in [7, 11) is 0. The second-order valence-corrected chi connectivity index (χ2v) is 7.29. The Morgan fingerprint density at radius 3 is 2.48 bits per heavy atom. The lowest BCUT2D eigenvalue weighted by Crippen LogP contribution is -2.32. The molecule has 1 unspecified atom stereocenters. The zero-order valence-electron chi connectivity index (χ0n) is 15.1. The number of alkyl halides is 3. The molecular formula is C19H21ClF3N3O. The van der Waals surface area contributed by atoms with Crippen molar-refractivity contribution in [2.24, 2.45) is 0 Å². The van der Waals surface area contributed by atoms with Crippen molar-refractivity contribution in [1.29, 1.82) is 0 Å². The summed E-state index contributed by atoms with van der Waals surface area (Å²) >= 11 is 5.94. The highest BCUT2D eigenvalue weighted by atomic mass is 35.5. The van der Waals surface area contributed by atoms with Gasteiger partial charge >= 0.3 is 6.18 Å². The van der Waals surface area contributed by atoms with E-state index in [0.29, 0.717) is 12.1 Å². The van der Waals surface area contributed by atoms with Gasteiger partial charge in [-0.1, -0.05) is 48.4 Å². The predicted molar refractivity (Wildman–Crippen MR) is 96.6 cm³/mol. The molecule has 1 aromatic heterocycles. The number of hydrogen-bond donors (Lipinski definition) is 1. The van der Waals surface area contributed by atoms with Gasteiger partial charge in [0.05, 0.1) is 16.8 Å². The third-order valence-electron chi connectivity index (χ3n) is 4.68. The van der Waals surface area contributed by atoms with Crippen LogP contribution in [0.3, 0.4) is 0 Å². The standard InChI is InChI=1S/C19H21ClF3N3O/c1-3-14(12-6-4-11(2)5-7-12)24-15(27)10-26-17(13-8-9-13)16(20)18(25-26)19(21,22)23/h4-7,13-14H,3,8-10H2,1-2H3,(H,24,27). The molecule has 0 aliphatic heterocycles. The van der Waals surface area contributed by atoms with E-state index >= 15 is 0 Å². The van der Waals surface area contributed by atoms with Crippen molar-refractivity contribution in [3.8, 4) is 0 Å². The van der Waals surface area contributed by atoms with Gasteiger partial charge in [-0.25, -0.2) is 0 Å². The summed E-state index contributed by atoms with van der Waals surface area (Å²) in [5.74, 6) is -0.454. The second-order valence-electron chi connectivity index (χ2n) is 6.92. The molecule has 1 aromatic carbocycles. The number of rotatable bonds is 6. The molecule has 1 aliphatic rings. The Bertz CT molecular complexity index is 826. The number of amides is 1. The summed E-state index contributed by atoms with van der Waals surface area (Å²) < 4.78 is 40.5. The maximum absolute atomic E-state index is 13.1. The molecule has 1 N–H and O–H groups in total. The van der Waals surface area contributed by atoms with Gasteiger partial charge in [-0.3, -0.25) is 9.48 Å². The van der Waals surface area contributed by atoms with E-state index in [2.05, 4.69) is 10.4 Å². The molecular weight excluding hydrogens is 379 g/mol. The van der Waals surface area contributed by atoms with Gasteiger partial charge in [-0.2, -0.15) is 18.3 Å². The molecule has 0 saturated heterocycles. The molecule has 27 heavy (non-hydrogen) atoms. The normalized spacial score (nSPS) is 15.6. The van der Waals surface area contributed by atoms with Crippen LogP contribution < -0.4 is 5.32 Å². The van der Waals surface area contributed by atoms with Crippen LogP contribution in [0.25, 0.3) is 0 Å². The van der Waals surface area contributed by atoms with E-state index in [0.717, 1.165) is 28.7 Å². The molecule has 4 nitrogen and oxygen atoms in total. The van der Waals surface area contributed by atoms with Gasteiger partial charge < -0.3 is 5.32 Å². The number of carbonyl (C=O) groups is 1. The lowest BCUT2D eigenvalue weighted by atomic mass is 10.0. The Labute approximate surface area is 160 Å². The van der Waals surface area contributed by atoms with Gasteiger partial charge in [0, 0.05) is 5.92 Å². The molecule has 0 bridgehead atoms. The third-order valence-corrected chi connectivity index (χ3v) is 5.05. The molecule has 1 aliphatic carbocycles. The summed E-state index contributed by atoms with van der Waals surface area (Å²) in [6, 6.07) is 7.57. The van der Waals surface area contributed by atoms with Gasteiger partial charge in [-0.15, -0.1) is 0 Å². The number of hydrogen-bond acceptors (Lipinski definition) is 2. The molecule has 3 rings (SSSR count). The molecule has 1 atom stereocenters. The van der Waals surface area contributed by atoms with Crippen molar-refractivity contribution in [2.45, 2.75) is 57.8 Å². The zero-order chi connectivity index (χ0) is 19.8. The Hall–Kier alpha value is -2.02. The van der Waals surface area contributed by atoms with E-state index in [-0.39, 0.29) is 23.5 Å².